The maximum Gasteiger partial charge on any atom is 0.303 e. The molecule has 0 unspecified atom stereocenters. The molecule has 4 nitrogen and oxygen atoms in total. The van der Waals surface area contributed by atoms with Crippen molar-refractivity contribution in [2.75, 3.05) is 11.5 Å². The Morgan fingerprint density at radius 2 is 2.29 bits per heavy atom. The number of carboxylic acid groups (broad SMARTS) is 1. The number of aryl methyl sites for hydroxylation is 1. The van der Waals surface area contributed by atoms with Gasteiger partial charge in [-0.2, -0.15) is 11.8 Å². The molecule has 1 aliphatic heterocycles. The van der Waals surface area contributed by atoms with Crippen LogP contribution < -0.4 is 0 Å². The number of hydrogen-bond donors (Lipinski definition) is 1. The van der Waals surface area contributed by atoms with Gasteiger partial charge in [-0.1, -0.05) is 0 Å². The third-order valence-corrected chi connectivity index (χ3v) is 4.05. The molecule has 0 aromatic carbocycles. The number of nitrogens with zero attached hydrogens (tertiary/aromatic N) is 1. The zero-order valence-corrected chi connectivity index (χ0v) is 10.5. The fourth-order valence-electron chi connectivity index (χ4n) is 1.99. The van der Waals surface area contributed by atoms with E-state index in [1.807, 2.05) is 11.8 Å². The van der Waals surface area contributed by atoms with E-state index >= 15 is 0 Å². The number of aliphatic carboxylic acids is 1. The number of carbonyl (C=O) groups is 1. The summed E-state index contributed by atoms with van der Waals surface area (Å²) in [4.78, 5) is 14.8. The molecule has 0 bridgehead atoms. The summed E-state index contributed by atoms with van der Waals surface area (Å²) in [5.74, 6) is 3.12. The van der Waals surface area contributed by atoms with Crippen LogP contribution in [0.25, 0.3) is 0 Å². The van der Waals surface area contributed by atoms with Crippen molar-refractivity contribution in [3.05, 3.63) is 17.8 Å². The van der Waals surface area contributed by atoms with E-state index in [9.17, 15) is 4.79 Å². The van der Waals surface area contributed by atoms with E-state index in [0.29, 0.717) is 12.3 Å². The van der Waals surface area contributed by atoms with Gasteiger partial charge < -0.3 is 9.52 Å². The fourth-order valence-corrected chi connectivity index (χ4v) is 3.19. The van der Waals surface area contributed by atoms with Crippen molar-refractivity contribution in [2.45, 2.75) is 32.1 Å². The SMILES string of the molecule is O=C(O)CCc1coc(CC2CCSCC2)n1. The van der Waals surface area contributed by atoms with Crippen LogP contribution in [0.5, 0.6) is 0 Å². The van der Waals surface area contributed by atoms with Gasteiger partial charge >= 0.3 is 5.97 Å². The molecule has 1 aliphatic rings. The lowest BCUT2D eigenvalue weighted by atomic mass is 9.99. The predicted molar refractivity (Wildman–Crippen MR) is 66.2 cm³/mol. The number of thioether (sulfide) groups is 1. The van der Waals surface area contributed by atoms with Crippen LogP contribution in [-0.2, 0) is 17.6 Å². The molecule has 0 amide bonds. The van der Waals surface area contributed by atoms with E-state index < -0.39 is 5.97 Å². The van der Waals surface area contributed by atoms with Crippen LogP contribution in [0, 0.1) is 5.92 Å². The van der Waals surface area contributed by atoms with Gasteiger partial charge in [0, 0.05) is 12.8 Å². The van der Waals surface area contributed by atoms with Gasteiger partial charge in [0.15, 0.2) is 5.89 Å². The van der Waals surface area contributed by atoms with E-state index in [0.717, 1.165) is 18.0 Å². The number of hydrogen-bond acceptors (Lipinski definition) is 4. The van der Waals surface area contributed by atoms with Gasteiger partial charge in [-0.15, -0.1) is 0 Å². The Bertz CT molecular complexity index is 372. The lowest BCUT2D eigenvalue weighted by Crippen LogP contribution is -2.12. The molecule has 0 atom stereocenters. The molecule has 2 rings (SSSR count). The molecule has 94 valence electrons. The Balaban J connectivity index is 1.82. The van der Waals surface area contributed by atoms with Crippen molar-refractivity contribution < 1.29 is 14.3 Å². The maximum absolute atomic E-state index is 10.4. The molecular formula is C12H17NO3S. The zero-order chi connectivity index (χ0) is 12.1. The van der Waals surface area contributed by atoms with Gasteiger partial charge in [-0.05, 0) is 30.3 Å². The van der Waals surface area contributed by atoms with E-state index in [4.69, 9.17) is 9.52 Å². The standard InChI is InChI=1S/C12H17NO3S/c14-12(15)2-1-10-8-16-11(13-10)7-9-3-5-17-6-4-9/h8-9H,1-7H2,(H,14,15). The molecule has 5 heteroatoms. The summed E-state index contributed by atoms with van der Waals surface area (Å²) in [6.45, 7) is 0. The quantitative estimate of drug-likeness (QED) is 0.875. The molecule has 0 aliphatic carbocycles. The van der Waals surface area contributed by atoms with Crippen LogP contribution in [0.3, 0.4) is 0 Å². The van der Waals surface area contributed by atoms with Crippen LogP contribution >= 0.6 is 11.8 Å². The first-order valence-corrected chi connectivity index (χ1v) is 7.12. The first kappa shape index (κ1) is 12.5. The van der Waals surface area contributed by atoms with Crippen molar-refractivity contribution >= 4 is 17.7 Å². The topological polar surface area (TPSA) is 63.3 Å². The third kappa shape index (κ3) is 4.07. The Morgan fingerprint density at radius 1 is 1.53 bits per heavy atom. The number of oxazole rings is 1. The van der Waals surface area contributed by atoms with Crippen molar-refractivity contribution in [3.63, 3.8) is 0 Å². The normalized spacial score (nSPS) is 17.2. The van der Waals surface area contributed by atoms with Gasteiger partial charge in [-0.3, -0.25) is 4.79 Å². The number of aromatic nitrogens is 1. The maximum atomic E-state index is 10.4. The van der Waals surface area contributed by atoms with Crippen molar-refractivity contribution in [1.82, 2.24) is 4.98 Å². The molecule has 0 radical (unpaired) electrons. The predicted octanol–water partition coefficient (Wildman–Crippen LogP) is 2.38. The molecule has 0 spiro atoms. The van der Waals surface area contributed by atoms with E-state index in [1.54, 1.807) is 6.26 Å². The van der Waals surface area contributed by atoms with E-state index in [1.165, 1.54) is 24.3 Å². The smallest absolute Gasteiger partial charge is 0.303 e. The number of carboxylic acids is 1. The summed E-state index contributed by atoms with van der Waals surface area (Å²) in [6, 6.07) is 0. The first-order valence-electron chi connectivity index (χ1n) is 5.97. The molecule has 0 saturated carbocycles. The third-order valence-electron chi connectivity index (χ3n) is 3.00. The van der Waals surface area contributed by atoms with E-state index in [2.05, 4.69) is 4.98 Å². The Morgan fingerprint density at radius 3 is 3.00 bits per heavy atom. The summed E-state index contributed by atoms with van der Waals surface area (Å²) in [7, 11) is 0. The van der Waals surface area contributed by atoms with Crippen molar-refractivity contribution in [2.24, 2.45) is 5.92 Å². The van der Waals surface area contributed by atoms with Crippen LogP contribution in [0.1, 0.15) is 30.8 Å². The summed E-state index contributed by atoms with van der Waals surface area (Å²) >= 11 is 2.01. The second-order valence-electron chi connectivity index (χ2n) is 4.39. The number of rotatable bonds is 5. The van der Waals surface area contributed by atoms with E-state index in [-0.39, 0.29) is 6.42 Å². The van der Waals surface area contributed by atoms with Crippen LogP contribution in [0.2, 0.25) is 0 Å². The second-order valence-corrected chi connectivity index (χ2v) is 5.61. The van der Waals surface area contributed by atoms with Crippen LogP contribution in [0.15, 0.2) is 10.7 Å². The molecule has 1 fully saturated rings. The van der Waals surface area contributed by atoms with Gasteiger partial charge in [-0.25, -0.2) is 4.98 Å². The van der Waals surface area contributed by atoms with Gasteiger partial charge in [0.1, 0.15) is 6.26 Å². The minimum absolute atomic E-state index is 0.117. The molecule has 1 aromatic heterocycles. The average Bonchev–Trinajstić information content (AvgIpc) is 2.75. The lowest BCUT2D eigenvalue weighted by Gasteiger charge is -2.19. The Hall–Kier alpha value is -0.970. The summed E-state index contributed by atoms with van der Waals surface area (Å²) in [5.41, 5.74) is 0.757. The monoisotopic (exact) mass is 255 g/mol. The minimum atomic E-state index is -0.793. The van der Waals surface area contributed by atoms with Crippen molar-refractivity contribution in [1.29, 1.82) is 0 Å². The molecule has 17 heavy (non-hydrogen) atoms. The van der Waals surface area contributed by atoms with Gasteiger partial charge in [0.2, 0.25) is 0 Å². The van der Waals surface area contributed by atoms with Gasteiger partial charge in [0.25, 0.3) is 0 Å². The van der Waals surface area contributed by atoms with Crippen molar-refractivity contribution in [3.8, 4) is 0 Å². The minimum Gasteiger partial charge on any atom is -0.481 e. The highest BCUT2D eigenvalue weighted by Gasteiger charge is 2.17. The Kier molecular flexibility index (Phi) is 4.48. The molecule has 1 aromatic rings. The lowest BCUT2D eigenvalue weighted by molar-refractivity contribution is -0.136. The van der Waals surface area contributed by atoms with Crippen LogP contribution in [0.4, 0.5) is 0 Å². The highest BCUT2D eigenvalue weighted by atomic mass is 32.2. The Labute approximate surface area is 105 Å². The second kappa shape index (κ2) is 6.10. The van der Waals surface area contributed by atoms with Crippen LogP contribution in [-0.4, -0.2) is 27.6 Å². The summed E-state index contributed by atoms with van der Waals surface area (Å²) < 4.78 is 5.39. The fraction of sp³-hybridized carbons (Fsp3) is 0.667. The first-order chi connectivity index (χ1) is 8.24. The highest BCUT2D eigenvalue weighted by molar-refractivity contribution is 7.99. The molecule has 1 saturated heterocycles. The molecular weight excluding hydrogens is 238 g/mol. The zero-order valence-electron chi connectivity index (χ0n) is 9.72. The highest BCUT2D eigenvalue weighted by Crippen LogP contribution is 2.25. The molecule has 1 N–H and O–H groups in total. The summed E-state index contributed by atoms with van der Waals surface area (Å²) in [6.07, 6.45) is 5.53. The summed E-state index contributed by atoms with van der Waals surface area (Å²) in [5, 5.41) is 8.58. The van der Waals surface area contributed by atoms with Gasteiger partial charge in [0.05, 0.1) is 12.1 Å². The average molecular weight is 255 g/mol. The largest absolute Gasteiger partial charge is 0.481 e. The molecule has 2 heterocycles.